The smallest absolute Gasteiger partial charge is 0.237 e. The van der Waals surface area contributed by atoms with Crippen molar-refractivity contribution in [3.05, 3.63) is 0 Å². The largest absolute Gasteiger partial charge is 0.353 e. The molecule has 0 saturated carbocycles. The van der Waals surface area contributed by atoms with E-state index in [2.05, 4.69) is 5.32 Å². The molecule has 0 radical (unpaired) electrons. The second-order valence-corrected chi connectivity index (χ2v) is 6.67. The van der Waals surface area contributed by atoms with Gasteiger partial charge in [-0.2, -0.15) is 0 Å². The van der Waals surface area contributed by atoms with E-state index >= 15 is 0 Å². The molecule has 0 spiro atoms. The van der Waals surface area contributed by atoms with Crippen LogP contribution in [0.1, 0.15) is 6.92 Å². The minimum Gasteiger partial charge on any atom is -0.353 e. The number of nitrogens with one attached hydrogen (secondary N) is 1. The average Bonchev–Trinajstić information content (AvgIpc) is 2.44. The number of hydrogen-bond donors (Lipinski definition) is 2. The Labute approximate surface area is 95.1 Å². The molecule has 1 amide bonds. The van der Waals surface area contributed by atoms with Gasteiger partial charge in [0.1, 0.15) is 0 Å². The van der Waals surface area contributed by atoms with Crippen molar-refractivity contribution in [2.75, 3.05) is 24.6 Å². The number of carbonyl (C=O) groups is 1. The third-order valence-corrected chi connectivity index (χ3v) is 5.08. The summed E-state index contributed by atoms with van der Waals surface area (Å²) in [5.41, 5.74) is 5.84. The normalized spacial score (nSPS) is 39.6. The summed E-state index contributed by atoms with van der Waals surface area (Å²) in [6.07, 6.45) is 0. The SMILES string of the molecule is CC1C(=O)NCCN1C1CS(=O)(=O)CC1N. The zero-order chi connectivity index (χ0) is 11.9. The lowest BCUT2D eigenvalue weighted by atomic mass is 10.1. The van der Waals surface area contributed by atoms with Gasteiger partial charge in [-0.3, -0.25) is 9.69 Å². The van der Waals surface area contributed by atoms with Crippen LogP contribution in [0.15, 0.2) is 0 Å². The molecule has 0 bridgehead atoms. The van der Waals surface area contributed by atoms with Crippen molar-refractivity contribution in [2.45, 2.75) is 25.0 Å². The van der Waals surface area contributed by atoms with Gasteiger partial charge in [0.15, 0.2) is 9.84 Å². The zero-order valence-electron chi connectivity index (χ0n) is 9.22. The molecule has 3 unspecified atom stereocenters. The fourth-order valence-corrected chi connectivity index (χ4v) is 4.35. The van der Waals surface area contributed by atoms with Gasteiger partial charge in [0.25, 0.3) is 0 Å². The number of sulfone groups is 1. The molecule has 2 fully saturated rings. The Morgan fingerprint density at radius 1 is 1.44 bits per heavy atom. The van der Waals surface area contributed by atoms with Crippen LogP contribution < -0.4 is 11.1 Å². The molecule has 6 nitrogen and oxygen atoms in total. The van der Waals surface area contributed by atoms with E-state index in [0.717, 1.165) is 0 Å². The first-order chi connectivity index (χ1) is 7.41. The fraction of sp³-hybridized carbons (Fsp3) is 0.889. The topological polar surface area (TPSA) is 92.5 Å². The molecule has 2 saturated heterocycles. The summed E-state index contributed by atoms with van der Waals surface area (Å²) in [6.45, 7) is 3.01. The maximum atomic E-state index is 11.5. The maximum Gasteiger partial charge on any atom is 0.237 e. The van der Waals surface area contributed by atoms with Crippen LogP contribution in [0.25, 0.3) is 0 Å². The minimum absolute atomic E-state index is 0.0303. The molecule has 0 aromatic heterocycles. The van der Waals surface area contributed by atoms with Crippen LogP contribution in [-0.4, -0.2) is 61.9 Å². The van der Waals surface area contributed by atoms with Gasteiger partial charge >= 0.3 is 0 Å². The van der Waals surface area contributed by atoms with Crippen LogP contribution >= 0.6 is 0 Å². The molecule has 92 valence electrons. The van der Waals surface area contributed by atoms with Crippen LogP contribution in [0.5, 0.6) is 0 Å². The van der Waals surface area contributed by atoms with E-state index in [9.17, 15) is 13.2 Å². The summed E-state index contributed by atoms with van der Waals surface area (Å²) in [7, 11) is -3.03. The fourth-order valence-electron chi connectivity index (χ4n) is 2.45. The second-order valence-electron chi connectivity index (χ2n) is 4.51. The number of hydrogen-bond acceptors (Lipinski definition) is 5. The summed E-state index contributed by atoms with van der Waals surface area (Å²) < 4.78 is 23.0. The van der Waals surface area contributed by atoms with Crippen molar-refractivity contribution in [3.8, 4) is 0 Å². The van der Waals surface area contributed by atoms with Gasteiger partial charge in [-0.25, -0.2) is 8.42 Å². The van der Waals surface area contributed by atoms with Crippen LogP contribution in [0.3, 0.4) is 0 Å². The summed E-state index contributed by atoms with van der Waals surface area (Å²) in [5.74, 6) is 0.0524. The summed E-state index contributed by atoms with van der Waals surface area (Å²) in [5, 5.41) is 2.75. The number of amides is 1. The van der Waals surface area contributed by atoms with E-state index in [0.29, 0.717) is 13.1 Å². The Balaban J connectivity index is 2.16. The molecular weight excluding hydrogens is 230 g/mol. The van der Waals surface area contributed by atoms with Gasteiger partial charge in [-0.05, 0) is 6.92 Å². The van der Waals surface area contributed by atoms with Gasteiger partial charge < -0.3 is 11.1 Å². The average molecular weight is 247 g/mol. The van der Waals surface area contributed by atoms with Crippen molar-refractivity contribution in [3.63, 3.8) is 0 Å². The Hall–Kier alpha value is -0.660. The Morgan fingerprint density at radius 3 is 2.69 bits per heavy atom. The van der Waals surface area contributed by atoms with Crippen LogP contribution in [-0.2, 0) is 14.6 Å². The summed E-state index contributed by atoms with van der Waals surface area (Å²) in [6, 6.07) is -0.887. The first kappa shape index (κ1) is 11.8. The first-order valence-electron chi connectivity index (χ1n) is 5.40. The Morgan fingerprint density at radius 2 is 2.12 bits per heavy atom. The first-order valence-corrected chi connectivity index (χ1v) is 7.22. The predicted molar refractivity (Wildman–Crippen MR) is 59.6 cm³/mol. The van der Waals surface area contributed by atoms with Crippen molar-refractivity contribution < 1.29 is 13.2 Å². The lowest BCUT2D eigenvalue weighted by molar-refractivity contribution is -0.129. The molecule has 16 heavy (non-hydrogen) atoms. The highest BCUT2D eigenvalue weighted by Crippen LogP contribution is 2.20. The van der Waals surface area contributed by atoms with E-state index in [1.165, 1.54) is 0 Å². The Kier molecular flexibility index (Phi) is 2.93. The monoisotopic (exact) mass is 247 g/mol. The number of carbonyl (C=O) groups excluding carboxylic acids is 1. The minimum atomic E-state index is -3.03. The van der Waals surface area contributed by atoms with E-state index in [4.69, 9.17) is 5.73 Å². The van der Waals surface area contributed by atoms with E-state index in [-0.39, 0.29) is 35.5 Å². The molecule has 3 N–H and O–H groups in total. The molecule has 2 heterocycles. The van der Waals surface area contributed by atoms with Crippen molar-refractivity contribution in [2.24, 2.45) is 5.73 Å². The number of nitrogens with two attached hydrogens (primary N) is 1. The maximum absolute atomic E-state index is 11.5. The highest BCUT2D eigenvalue weighted by molar-refractivity contribution is 7.91. The Bertz CT molecular complexity index is 395. The van der Waals surface area contributed by atoms with Crippen LogP contribution in [0.2, 0.25) is 0 Å². The molecule has 2 rings (SSSR count). The molecule has 7 heteroatoms. The molecular formula is C9H17N3O3S. The van der Waals surface area contributed by atoms with E-state index < -0.39 is 9.84 Å². The predicted octanol–water partition coefficient (Wildman–Crippen LogP) is -2.07. The van der Waals surface area contributed by atoms with Gasteiger partial charge in [0, 0.05) is 25.2 Å². The van der Waals surface area contributed by atoms with Crippen molar-refractivity contribution in [1.82, 2.24) is 10.2 Å². The van der Waals surface area contributed by atoms with Gasteiger partial charge in [0.2, 0.25) is 5.91 Å². The van der Waals surface area contributed by atoms with E-state index in [1.54, 1.807) is 6.92 Å². The number of rotatable bonds is 1. The third-order valence-electron chi connectivity index (χ3n) is 3.34. The highest BCUT2D eigenvalue weighted by Gasteiger charge is 2.42. The van der Waals surface area contributed by atoms with Crippen LogP contribution in [0, 0.1) is 0 Å². The lowest BCUT2D eigenvalue weighted by Gasteiger charge is -2.38. The highest BCUT2D eigenvalue weighted by atomic mass is 32.2. The number of piperazine rings is 1. The van der Waals surface area contributed by atoms with Gasteiger partial charge in [-0.1, -0.05) is 0 Å². The third kappa shape index (κ3) is 2.07. The second kappa shape index (κ2) is 3.97. The van der Waals surface area contributed by atoms with E-state index in [1.807, 2.05) is 4.90 Å². The van der Waals surface area contributed by atoms with Crippen molar-refractivity contribution >= 4 is 15.7 Å². The van der Waals surface area contributed by atoms with Gasteiger partial charge in [0.05, 0.1) is 17.5 Å². The number of nitrogens with zero attached hydrogens (tertiary/aromatic N) is 1. The molecule has 3 atom stereocenters. The van der Waals surface area contributed by atoms with Crippen LogP contribution in [0.4, 0.5) is 0 Å². The lowest BCUT2D eigenvalue weighted by Crippen LogP contribution is -2.60. The van der Waals surface area contributed by atoms with Crippen molar-refractivity contribution in [1.29, 1.82) is 0 Å². The standard InChI is InChI=1S/C9H17N3O3S/c1-6-9(13)11-2-3-12(6)8-5-16(14,15)4-7(8)10/h6-8H,2-5,10H2,1H3,(H,11,13). The summed E-state index contributed by atoms with van der Waals surface area (Å²) in [4.78, 5) is 13.4. The molecule has 0 aromatic rings. The quantitative estimate of drug-likeness (QED) is 0.555. The zero-order valence-corrected chi connectivity index (χ0v) is 10.0. The van der Waals surface area contributed by atoms with Gasteiger partial charge in [-0.15, -0.1) is 0 Å². The molecule has 2 aliphatic heterocycles. The summed E-state index contributed by atoms with van der Waals surface area (Å²) >= 11 is 0. The molecule has 0 aromatic carbocycles. The molecule has 2 aliphatic rings. The molecule has 0 aliphatic carbocycles.